The number of carbonyl (C=O) groups is 2. The van der Waals surface area contributed by atoms with Crippen LogP contribution in [0.2, 0.25) is 0 Å². The van der Waals surface area contributed by atoms with Gasteiger partial charge in [-0.1, -0.05) is 76.3 Å². The predicted molar refractivity (Wildman–Crippen MR) is 275 cm³/mol. The van der Waals surface area contributed by atoms with Crippen LogP contribution in [0.4, 0.5) is 5.95 Å². The number of aryl methyl sites for hydroxylation is 1. The molecule has 8 rings (SSSR count). The van der Waals surface area contributed by atoms with Crippen molar-refractivity contribution < 1.29 is 14.3 Å². The highest BCUT2D eigenvalue weighted by molar-refractivity contribution is 6.07. The number of benzene rings is 2. The fraction of sp³-hybridized carbons (Fsp3) is 0.545. The van der Waals surface area contributed by atoms with Crippen molar-refractivity contribution in [2.45, 2.75) is 122 Å². The van der Waals surface area contributed by atoms with E-state index in [1.54, 1.807) is 6.20 Å². The summed E-state index contributed by atoms with van der Waals surface area (Å²) in [6.45, 7) is 13.6. The third-order valence-corrected chi connectivity index (χ3v) is 14.1. The number of hydrogen-bond donors (Lipinski definition) is 2. The van der Waals surface area contributed by atoms with Crippen molar-refractivity contribution in [3.05, 3.63) is 84.3 Å². The number of ether oxygens (including phenoxy) is 1. The van der Waals surface area contributed by atoms with E-state index in [9.17, 15) is 9.59 Å². The zero-order valence-electron chi connectivity index (χ0n) is 40.9. The molecule has 1 atom stereocenters. The van der Waals surface area contributed by atoms with Crippen LogP contribution in [-0.4, -0.2) is 113 Å². The molecule has 0 radical (unpaired) electrons. The van der Waals surface area contributed by atoms with Crippen LogP contribution in [0.1, 0.15) is 121 Å². The minimum Gasteiger partial charge on any atom is -0.381 e. The van der Waals surface area contributed by atoms with Crippen molar-refractivity contribution in [1.82, 2.24) is 39.2 Å². The maximum absolute atomic E-state index is 12.0. The van der Waals surface area contributed by atoms with Gasteiger partial charge in [0.25, 0.3) is 0 Å². The largest absolute Gasteiger partial charge is 0.381 e. The number of nitrogens with one attached hydrogen (secondary N) is 2. The van der Waals surface area contributed by atoms with Crippen LogP contribution in [-0.2, 0) is 27.3 Å². The van der Waals surface area contributed by atoms with Crippen LogP contribution in [0.25, 0.3) is 44.1 Å². The van der Waals surface area contributed by atoms with E-state index in [-0.39, 0.29) is 0 Å². The highest BCUT2D eigenvalue weighted by Crippen LogP contribution is 2.37. The molecule has 1 saturated heterocycles. The van der Waals surface area contributed by atoms with E-state index in [0.717, 1.165) is 143 Å². The molecule has 360 valence electrons. The molecule has 0 amide bonds. The lowest BCUT2D eigenvalue weighted by molar-refractivity contribution is -0.111. The number of anilines is 1. The number of fused-ring (bicyclic) bond motifs is 4. The molecule has 0 spiro atoms. The van der Waals surface area contributed by atoms with E-state index >= 15 is 0 Å². The fourth-order valence-corrected chi connectivity index (χ4v) is 10.1. The third kappa shape index (κ3) is 13.2. The number of rotatable bonds is 24. The summed E-state index contributed by atoms with van der Waals surface area (Å²) in [6, 6.07) is 19.8. The minimum atomic E-state index is -0.415. The predicted octanol–water partition coefficient (Wildman–Crippen LogP) is 10.4. The Labute approximate surface area is 399 Å². The maximum Gasteiger partial charge on any atom is 0.224 e. The smallest absolute Gasteiger partial charge is 0.224 e. The van der Waals surface area contributed by atoms with E-state index in [0.29, 0.717) is 24.8 Å². The Morgan fingerprint density at radius 3 is 2.30 bits per heavy atom. The van der Waals surface area contributed by atoms with Crippen molar-refractivity contribution in [3.63, 3.8) is 0 Å². The maximum atomic E-state index is 12.0. The molecular formula is C55H77N9O3. The third-order valence-electron chi connectivity index (χ3n) is 14.1. The van der Waals surface area contributed by atoms with Crippen LogP contribution in [0.3, 0.4) is 0 Å². The normalized spacial score (nSPS) is 15.6. The first-order valence-electron chi connectivity index (χ1n) is 25.6. The van der Waals surface area contributed by atoms with E-state index in [4.69, 9.17) is 14.7 Å². The van der Waals surface area contributed by atoms with Gasteiger partial charge in [0, 0.05) is 105 Å². The van der Waals surface area contributed by atoms with Crippen LogP contribution < -0.4 is 10.6 Å². The fourth-order valence-electron chi connectivity index (χ4n) is 10.1. The number of carbonyl (C=O) groups excluding carboxylic acids is 2. The minimum absolute atomic E-state index is 0.343. The van der Waals surface area contributed by atoms with Gasteiger partial charge in [0.1, 0.15) is 23.9 Å². The monoisotopic (exact) mass is 912 g/mol. The summed E-state index contributed by atoms with van der Waals surface area (Å²) >= 11 is 0. The first kappa shape index (κ1) is 49.9. The molecule has 1 aliphatic carbocycles. The van der Waals surface area contributed by atoms with Crippen LogP contribution >= 0.6 is 0 Å². The lowest BCUT2D eigenvalue weighted by atomic mass is 9.95. The second kappa shape index (κ2) is 25.9. The highest BCUT2D eigenvalue weighted by atomic mass is 16.5. The van der Waals surface area contributed by atoms with Gasteiger partial charge in [-0.25, -0.2) is 9.97 Å². The summed E-state index contributed by atoms with van der Waals surface area (Å²) in [6.07, 6.45) is 22.9. The second-order valence-corrected chi connectivity index (χ2v) is 18.9. The summed E-state index contributed by atoms with van der Waals surface area (Å²) in [7, 11) is 3.75. The quantitative estimate of drug-likeness (QED) is 0.0448. The molecule has 4 aromatic heterocycles. The first-order chi connectivity index (χ1) is 33.0. The summed E-state index contributed by atoms with van der Waals surface area (Å²) in [4.78, 5) is 42.8. The average Bonchev–Trinajstić information content (AvgIpc) is 3.91. The molecule has 6 aromatic rings. The summed E-state index contributed by atoms with van der Waals surface area (Å²) in [5.41, 5.74) is 7.95. The first-order valence-corrected chi connectivity index (χ1v) is 25.6. The molecule has 0 bridgehead atoms. The van der Waals surface area contributed by atoms with Gasteiger partial charge in [0.2, 0.25) is 5.95 Å². The van der Waals surface area contributed by atoms with Gasteiger partial charge in [0.05, 0.1) is 11.6 Å². The van der Waals surface area contributed by atoms with Gasteiger partial charge < -0.3 is 39.0 Å². The lowest BCUT2D eigenvalue weighted by Crippen LogP contribution is -2.46. The molecule has 2 N–H and O–H groups in total. The molecule has 12 nitrogen and oxygen atoms in total. The van der Waals surface area contributed by atoms with Gasteiger partial charge in [-0.15, -0.1) is 0 Å². The Morgan fingerprint density at radius 2 is 1.55 bits per heavy atom. The number of nitrogens with zero attached hydrogens (tertiary/aromatic N) is 7. The van der Waals surface area contributed by atoms with Gasteiger partial charge >= 0.3 is 0 Å². The van der Waals surface area contributed by atoms with Crippen LogP contribution in [0, 0.1) is 5.92 Å². The average molecular weight is 912 g/mol. The molecule has 5 heterocycles. The molecule has 2 fully saturated rings. The lowest BCUT2D eigenvalue weighted by Gasteiger charge is -2.34. The van der Waals surface area contributed by atoms with Gasteiger partial charge in [-0.3, -0.25) is 4.90 Å². The molecule has 1 aliphatic heterocycles. The topological polar surface area (TPSA) is 122 Å². The Kier molecular flexibility index (Phi) is 19.3. The van der Waals surface area contributed by atoms with Crippen LogP contribution in [0.5, 0.6) is 0 Å². The molecule has 1 unspecified atom stereocenters. The molecule has 1 saturated carbocycles. The van der Waals surface area contributed by atoms with E-state index in [2.05, 4.69) is 98.6 Å². The standard InChI is InChI=1S/C53H70N8O3.C2H7N/c1-3-40(4-2)35-55-53-56-36-48-49(38-60(52(48)57-53)44-15-7-5-8-16-44)43-22-19-42(20-23-43)37-59-29-27-58(28-30-59)26-9-6-10-32-64-33-13-14-41-21-24-50-47(34-41)46-18-11-25-54-51(46)61(50)45(39-63)17-12-31-62;1-3-2/h11,18-25,31,34,36,38-40,44-45H,3-10,12-17,26-30,32-33,35,37H2,1-2H3,(H,55,56,57);3H,1-2H3. The Morgan fingerprint density at radius 1 is 0.806 bits per heavy atom. The number of unbranched alkanes of at least 4 members (excludes halogenated alkanes) is 2. The summed E-state index contributed by atoms with van der Waals surface area (Å²) < 4.78 is 10.5. The van der Waals surface area contributed by atoms with Crippen molar-refractivity contribution in [3.8, 4) is 11.1 Å². The van der Waals surface area contributed by atoms with E-state index in [1.807, 2.05) is 30.9 Å². The Balaban J connectivity index is 0.00000216. The number of pyridine rings is 1. The highest BCUT2D eigenvalue weighted by Gasteiger charge is 2.23. The SMILES string of the molecule is CCC(CC)CNc1ncc2c(-c3ccc(CN4CCN(CCCCCOCCCc5ccc6c(c5)c5cccnc5n6C(C=O)CCC=O)CC4)cc3)cn(C3CCCCC3)c2n1.CNC. The zero-order valence-corrected chi connectivity index (χ0v) is 40.9. The van der Waals surface area contributed by atoms with Gasteiger partial charge in [-0.2, -0.15) is 4.98 Å². The molecule has 67 heavy (non-hydrogen) atoms. The molecule has 2 aliphatic rings. The van der Waals surface area contributed by atoms with E-state index in [1.165, 1.54) is 67.2 Å². The van der Waals surface area contributed by atoms with Gasteiger partial charge in [0.15, 0.2) is 0 Å². The number of piperazine rings is 1. The second-order valence-electron chi connectivity index (χ2n) is 18.9. The van der Waals surface area contributed by atoms with Gasteiger partial charge in [-0.05, 0) is 119 Å². The molecule has 2 aromatic carbocycles. The zero-order chi connectivity index (χ0) is 46.8. The van der Waals surface area contributed by atoms with Crippen molar-refractivity contribution in [1.29, 1.82) is 0 Å². The molecule has 12 heteroatoms. The number of aromatic nitrogens is 5. The summed E-state index contributed by atoms with van der Waals surface area (Å²) in [5.74, 6) is 1.39. The van der Waals surface area contributed by atoms with E-state index < -0.39 is 6.04 Å². The Bertz CT molecular complexity index is 2430. The van der Waals surface area contributed by atoms with Crippen molar-refractivity contribution in [2.24, 2.45) is 5.92 Å². The van der Waals surface area contributed by atoms with Crippen molar-refractivity contribution >= 4 is 51.5 Å². The number of aldehydes is 2. The molecular weight excluding hydrogens is 835 g/mol. The summed E-state index contributed by atoms with van der Waals surface area (Å²) in [5, 5.41) is 9.58. The number of hydrogen-bond acceptors (Lipinski definition) is 10. The Hall–Kier alpha value is -5.01. The van der Waals surface area contributed by atoms with Crippen molar-refractivity contribution in [2.75, 3.05) is 71.9 Å². The van der Waals surface area contributed by atoms with Crippen LogP contribution in [0.15, 0.2) is 73.2 Å².